The van der Waals surface area contributed by atoms with Crippen LogP contribution in [-0.2, 0) is 14.6 Å². The standard InChI is InChI=1S/C9H9FO5S/c10-8(9(12)13)5-16(14,15)7-3-1-6(11)2-4-7/h1-4,8,11H,5H2,(H,12,13). The highest BCUT2D eigenvalue weighted by Gasteiger charge is 2.25. The molecule has 0 fully saturated rings. The van der Waals surface area contributed by atoms with Crippen molar-refractivity contribution in [2.45, 2.75) is 11.1 Å². The minimum atomic E-state index is -3.99. The Hall–Kier alpha value is -1.63. The van der Waals surface area contributed by atoms with E-state index in [1.165, 1.54) is 0 Å². The topological polar surface area (TPSA) is 91.7 Å². The molecule has 16 heavy (non-hydrogen) atoms. The third kappa shape index (κ3) is 2.93. The first-order chi connectivity index (χ1) is 7.33. The second-order valence-corrected chi connectivity index (χ2v) is 5.12. The maximum absolute atomic E-state index is 12.8. The molecule has 88 valence electrons. The number of phenolic OH excluding ortho intramolecular Hbond substituents is 1. The summed E-state index contributed by atoms with van der Waals surface area (Å²) in [6.45, 7) is 0. The lowest BCUT2D eigenvalue weighted by Gasteiger charge is -2.05. The van der Waals surface area contributed by atoms with Gasteiger partial charge < -0.3 is 10.2 Å². The smallest absolute Gasteiger partial charge is 0.339 e. The van der Waals surface area contributed by atoms with Crippen LogP contribution in [0.5, 0.6) is 5.75 Å². The van der Waals surface area contributed by atoms with Gasteiger partial charge in [-0.15, -0.1) is 0 Å². The van der Waals surface area contributed by atoms with E-state index >= 15 is 0 Å². The number of hydrogen-bond donors (Lipinski definition) is 2. The van der Waals surface area contributed by atoms with Gasteiger partial charge in [0.25, 0.3) is 0 Å². The second-order valence-electron chi connectivity index (χ2n) is 3.08. The SMILES string of the molecule is O=C(O)C(F)CS(=O)(=O)c1ccc(O)cc1. The predicted octanol–water partition coefficient (Wildman–Crippen LogP) is 0.589. The van der Waals surface area contributed by atoms with Gasteiger partial charge >= 0.3 is 5.97 Å². The third-order valence-corrected chi connectivity index (χ3v) is 3.55. The van der Waals surface area contributed by atoms with Crippen molar-refractivity contribution in [3.8, 4) is 5.75 Å². The monoisotopic (exact) mass is 248 g/mol. The van der Waals surface area contributed by atoms with Crippen LogP contribution >= 0.6 is 0 Å². The number of aromatic hydroxyl groups is 1. The van der Waals surface area contributed by atoms with Crippen LogP contribution in [0, 0.1) is 0 Å². The second kappa shape index (κ2) is 4.48. The lowest BCUT2D eigenvalue weighted by Crippen LogP contribution is -2.25. The van der Waals surface area contributed by atoms with E-state index in [2.05, 4.69) is 0 Å². The molecule has 0 aromatic heterocycles. The number of carboxylic acids is 1. The Balaban J connectivity index is 2.94. The highest BCUT2D eigenvalue weighted by Crippen LogP contribution is 2.17. The molecule has 2 N–H and O–H groups in total. The van der Waals surface area contributed by atoms with Crippen LogP contribution in [0.1, 0.15) is 0 Å². The number of carboxylic acid groups (broad SMARTS) is 1. The van der Waals surface area contributed by atoms with Gasteiger partial charge in [-0.3, -0.25) is 0 Å². The molecule has 0 amide bonds. The molecule has 0 bridgehead atoms. The molecule has 0 radical (unpaired) electrons. The van der Waals surface area contributed by atoms with Crippen molar-refractivity contribution in [3.05, 3.63) is 24.3 Å². The van der Waals surface area contributed by atoms with Gasteiger partial charge in [-0.25, -0.2) is 17.6 Å². The lowest BCUT2D eigenvalue weighted by atomic mass is 10.3. The summed E-state index contributed by atoms with van der Waals surface area (Å²) in [5.74, 6) is -3.07. The van der Waals surface area contributed by atoms with Crippen LogP contribution in [0.15, 0.2) is 29.2 Å². The number of alkyl halides is 1. The van der Waals surface area contributed by atoms with E-state index in [0.29, 0.717) is 0 Å². The Morgan fingerprint density at radius 3 is 2.25 bits per heavy atom. The number of phenols is 1. The molecule has 1 atom stereocenters. The van der Waals surface area contributed by atoms with E-state index < -0.39 is 27.7 Å². The van der Waals surface area contributed by atoms with Crippen LogP contribution < -0.4 is 0 Å². The Bertz CT molecular complexity index is 479. The van der Waals surface area contributed by atoms with E-state index in [-0.39, 0.29) is 10.6 Å². The van der Waals surface area contributed by atoms with E-state index in [0.717, 1.165) is 24.3 Å². The summed E-state index contributed by atoms with van der Waals surface area (Å²) < 4.78 is 35.7. The Morgan fingerprint density at radius 1 is 1.31 bits per heavy atom. The number of halogens is 1. The summed E-state index contributed by atoms with van der Waals surface area (Å²) in [6, 6.07) is 4.42. The maximum Gasteiger partial charge on any atom is 0.339 e. The van der Waals surface area contributed by atoms with Crippen molar-refractivity contribution < 1.29 is 27.8 Å². The molecule has 0 aliphatic rings. The molecule has 0 saturated heterocycles. The molecule has 0 heterocycles. The van der Waals surface area contributed by atoms with Gasteiger partial charge in [0, 0.05) is 0 Å². The minimum absolute atomic E-state index is 0.131. The zero-order valence-electron chi connectivity index (χ0n) is 8.00. The van der Waals surface area contributed by atoms with Gasteiger partial charge in [0.15, 0.2) is 9.84 Å². The first-order valence-electron chi connectivity index (χ1n) is 4.21. The lowest BCUT2D eigenvalue weighted by molar-refractivity contribution is -0.141. The molecule has 0 spiro atoms. The molecule has 1 aromatic carbocycles. The summed E-state index contributed by atoms with van der Waals surface area (Å²) in [5, 5.41) is 17.2. The third-order valence-electron chi connectivity index (χ3n) is 1.83. The molecule has 1 aromatic rings. The maximum atomic E-state index is 12.8. The zero-order chi connectivity index (χ0) is 12.3. The first kappa shape index (κ1) is 12.4. The molecule has 0 aliphatic carbocycles. The summed E-state index contributed by atoms with van der Waals surface area (Å²) in [5.41, 5.74) is 0. The number of sulfone groups is 1. The fourth-order valence-corrected chi connectivity index (χ4v) is 2.28. The van der Waals surface area contributed by atoms with E-state index in [1.54, 1.807) is 0 Å². The van der Waals surface area contributed by atoms with Crippen molar-refractivity contribution in [2.75, 3.05) is 5.75 Å². The number of carbonyl (C=O) groups is 1. The Morgan fingerprint density at radius 2 is 1.81 bits per heavy atom. The molecule has 1 unspecified atom stereocenters. The fourth-order valence-electron chi connectivity index (χ4n) is 1.01. The van der Waals surface area contributed by atoms with Crippen LogP contribution in [0.3, 0.4) is 0 Å². The largest absolute Gasteiger partial charge is 0.508 e. The highest BCUT2D eigenvalue weighted by molar-refractivity contribution is 7.91. The molecule has 0 aliphatic heterocycles. The number of aliphatic carboxylic acids is 1. The summed E-state index contributed by atoms with van der Waals surface area (Å²) in [4.78, 5) is 9.96. The van der Waals surface area contributed by atoms with Gasteiger partial charge in [0.1, 0.15) is 5.75 Å². The number of rotatable bonds is 4. The van der Waals surface area contributed by atoms with Gasteiger partial charge in [-0.1, -0.05) is 0 Å². The molecular formula is C9H9FO5S. The van der Waals surface area contributed by atoms with E-state index in [9.17, 15) is 17.6 Å². The average Bonchev–Trinajstić information content (AvgIpc) is 2.17. The molecular weight excluding hydrogens is 239 g/mol. The van der Waals surface area contributed by atoms with Crippen molar-refractivity contribution in [1.82, 2.24) is 0 Å². The molecule has 5 nitrogen and oxygen atoms in total. The normalized spacial score (nSPS) is 13.3. The molecule has 7 heteroatoms. The van der Waals surface area contributed by atoms with Crippen LogP contribution in [0.2, 0.25) is 0 Å². The van der Waals surface area contributed by atoms with Gasteiger partial charge in [0.05, 0.1) is 10.6 Å². The van der Waals surface area contributed by atoms with E-state index in [1.807, 2.05) is 0 Å². The summed E-state index contributed by atoms with van der Waals surface area (Å²) in [6.07, 6.45) is -2.46. The Labute approximate surface area is 91.1 Å². The van der Waals surface area contributed by atoms with E-state index in [4.69, 9.17) is 10.2 Å². The quantitative estimate of drug-likeness (QED) is 0.813. The van der Waals surface area contributed by atoms with Crippen molar-refractivity contribution in [2.24, 2.45) is 0 Å². The molecule has 1 rings (SSSR count). The zero-order valence-corrected chi connectivity index (χ0v) is 8.82. The van der Waals surface area contributed by atoms with Crippen molar-refractivity contribution >= 4 is 15.8 Å². The summed E-state index contributed by atoms with van der Waals surface area (Å²) >= 11 is 0. The van der Waals surface area contributed by atoms with Crippen LogP contribution in [-0.4, -0.2) is 36.5 Å². The number of hydrogen-bond acceptors (Lipinski definition) is 4. The first-order valence-corrected chi connectivity index (χ1v) is 5.87. The highest BCUT2D eigenvalue weighted by atomic mass is 32.2. The van der Waals surface area contributed by atoms with Gasteiger partial charge in [-0.2, -0.15) is 0 Å². The van der Waals surface area contributed by atoms with Crippen LogP contribution in [0.25, 0.3) is 0 Å². The van der Waals surface area contributed by atoms with Crippen molar-refractivity contribution in [1.29, 1.82) is 0 Å². The predicted molar refractivity (Wildman–Crippen MR) is 52.7 cm³/mol. The average molecular weight is 248 g/mol. The van der Waals surface area contributed by atoms with Crippen LogP contribution in [0.4, 0.5) is 4.39 Å². The van der Waals surface area contributed by atoms with Gasteiger partial charge in [-0.05, 0) is 24.3 Å². The minimum Gasteiger partial charge on any atom is -0.508 e. The van der Waals surface area contributed by atoms with Gasteiger partial charge in [0.2, 0.25) is 6.17 Å². The fraction of sp³-hybridized carbons (Fsp3) is 0.222. The Kier molecular flexibility index (Phi) is 3.48. The molecule has 0 saturated carbocycles. The summed E-state index contributed by atoms with van der Waals surface area (Å²) in [7, 11) is -3.99. The number of benzene rings is 1. The van der Waals surface area contributed by atoms with Crippen molar-refractivity contribution in [3.63, 3.8) is 0 Å².